The molecule has 0 aromatic heterocycles. The molecule has 3 nitrogen and oxygen atoms in total. The highest BCUT2D eigenvalue weighted by Gasteiger charge is 2.18. The van der Waals surface area contributed by atoms with Crippen LogP contribution in [0.1, 0.15) is 0 Å². The van der Waals surface area contributed by atoms with Crippen molar-refractivity contribution in [2.45, 2.75) is 6.10 Å². The van der Waals surface area contributed by atoms with E-state index in [1.54, 1.807) is 18.2 Å². The fourth-order valence-electron chi connectivity index (χ4n) is 2.05. The molecule has 22 heavy (non-hydrogen) atoms. The van der Waals surface area contributed by atoms with Gasteiger partial charge < -0.3 is 14.6 Å². The van der Waals surface area contributed by atoms with E-state index >= 15 is 0 Å². The van der Waals surface area contributed by atoms with Gasteiger partial charge in [0, 0.05) is 0 Å². The monoisotopic (exact) mass is 292 g/mol. The molecular weight excluding hydrogens is 276 g/mol. The molecule has 0 amide bonds. The second-order valence-corrected chi connectivity index (χ2v) is 4.76. The number of allylic oxidation sites excluding steroid dienone is 2. The van der Waals surface area contributed by atoms with Crippen molar-refractivity contribution in [3.8, 4) is 11.5 Å². The van der Waals surface area contributed by atoms with Crippen LogP contribution >= 0.6 is 0 Å². The van der Waals surface area contributed by atoms with Crippen LogP contribution in [0.2, 0.25) is 0 Å². The number of hydrogen-bond acceptors (Lipinski definition) is 3. The van der Waals surface area contributed by atoms with E-state index < -0.39 is 6.10 Å². The zero-order valence-electron chi connectivity index (χ0n) is 11.9. The van der Waals surface area contributed by atoms with E-state index in [0.717, 1.165) is 0 Å². The summed E-state index contributed by atoms with van der Waals surface area (Å²) in [4.78, 5) is 0. The number of rotatable bonds is 4. The Morgan fingerprint density at radius 2 is 1.32 bits per heavy atom. The van der Waals surface area contributed by atoms with E-state index in [1.165, 1.54) is 0 Å². The second kappa shape index (κ2) is 6.78. The molecule has 0 saturated heterocycles. The van der Waals surface area contributed by atoms with Gasteiger partial charge in [0.05, 0.1) is 5.57 Å². The van der Waals surface area contributed by atoms with Crippen molar-refractivity contribution in [1.82, 2.24) is 0 Å². The molecule has 0 radical (unpaired) electrons. The molecule has 1 aliphatic rings. The molecule has 2 aromatic rings. The lowest BCUT2D eigenvalue weighted by Gasteiger charge is -2.18. The van der Waals surface area contributed by atoms with E-state index in [0.29, 0.717) is 17.1 Å². The molecule has 3 rings (SSSR count). The summed E-state index contributed by atoms with van der Waals surface area (Å²) in [5.74, 6) is 1.57. The van der Waals surface area contributed by atoms with Gasteiger partial charge in [-0.15, -0.1) is 0 Å². The van der Waals surface area contributed by atoms with Crippen molar-refractivity contribution in [1.29, 1.82) is 0 Å². The highest BCUT2D eigenvalue weighted by molar-refractivity contribution is 5.38. The zero-order valence-corrected chi connectivity index (χ0v) is 11.9. The van der Waals surface area contributed by atoms with Crippen molar-refractivity contribution >= 4 is 0 Å². The quantitative estimate of drug-likeness (QED) is 0.870. The van der Waals surface area contributed by atoms with Crippen molar-refractivity contribution < 1.29 is 14.6 Å². The summed E-state index contributed by atoms with van der Waals surface area (Å²) in [6, 6.07) is 18.7. The van der Waals surface area contributed by atoms with Crippen LogP contribution in [0.5, 0.6) is 11.5 Å². The first kappa shape index (κ1) is 14.2. The Morgan fingerprint density at radius 3 is 1.82 bits per heavy atom. The van der Waals surface area contributed by atoms with Gasteiger partial charge in [-0.05, 0) is 30.3 Å². The number of benzene rings is 2. The Hall–Kier alpha value is -2.78. The van der Waals surface area contributed by atoms with Crippen molar-refractivity contribution in [3.63, 3.8) is 0 Å². The molecule has 0 fully saturated rings. The number of aliphatic hydroxyl groups is 1. The van der Waals surface area contributed by atoms with Crippen LogP contribution in [0.25, 0.3) is 0 Å². The molecule has 110 valence electrons. The Balaban J connectivity index is 1.93. The topological polar surface area (TPSA) is 38.7 Å². The van der Waals surface area contributed by atoms with Crippen molar-refractivity contribution in [2.24, 2.45) is 0 Å². The van der Waals surface area contributed by atoms with Gasteiger partial charge in [0.25, 0.3) is 5.95 Å². The van der Waals surface area contributed by atoms with Crippen LogP contribution < -0.4 is 9.47 Å². The normalized spacial score (nSPS) is 16.4. The fourth-order valence-corrected chi connectivity index (χ4v) is 2.05. The van der Waals surface area contributed by atoms with E-state index in [1.807, 2.05) is 66.7 Å². The molecule has 2 aromatic carbocycles. The highest BCUT2D eigenvalue weighted by Crippen LogP contribution is 2.23. The Bertz CT molecular complexity index is 656. The zero-order chi connectivity index (χ0) is 15.2. The molecule has 0 bridgehead atoms. The van der Waals surface area contributed by atoms with Gasteiger partial charge in [-0.1, -0.05) is 54.6 Å². The summed E-state index contributed by atoms with van der Waals surface area (Å²) >= 11 is 0. The number of hydrogen-bond donors (Lipinski definition) is 1. The summed E-state index contributed by atoms with van der Waals surface area (Å²) in [6.45, 7) is 0. The molecule has 1 unspecified atom stereocenters. The maximum absolute atomic E-state index is 10.1. The molecule has 3 heteroatoms. The first-order valence-corrected chi connectivity index (χ1v) is 7.06. The molecule has 1 aliphatic carbocycles. The standard InChI is InChI=1S/C19H16O3/c20-18-14-8-7-13-17(18)19(21-15-9-3-1-4-10-15)22-16-11-5-2-6-12-16/h1-14,18,20H. The predicted molar refractivity (Wildman–Crippen MR) is 85.5 cm³/mol. The molecule has 1 N–H and O–H groups in total. The van der Waals surface area contributed by atoms with E-state index in [4.69, 9.17) is 9.47 Å². The lowest BCUT2D eigenvalue weighted by molar-refractivity contribution is 0.196. The number of aliphatic hydroxyl groups excluding tert-OH is 1. The van der Waals surface area contributed by atoms with Gasteiger partial charge in [0.15, 0.2) is 0 Å². The summed E-state index contributed by atoms with van der Waals surface area (Å²) in [5.41, 5.74) is 0.579. The minimum absolute atomic E-state index is 0.269. The maximum atomic E-state index is 10.1. The van der Waals surface area contributed by atoms with Gasteiger partial charge in [-0.25, -0.2) is 0 Å². The average molecular weight is 292 g/mol. The fraction of sp³-hybridized carbons (Fsp3) is 0.0526. The lowest BCUT2D eigenvalue weighted by Crippen LogP contribution is -2.16. The minimum Gasteiger partial charge on any atom is -0.426 e. The maximum Gasteiger partial charge on any atom is 0.296 e. The third kappa shape index (κ3) is 3.45. The molecule has 0 spiro atoms. The Kier molecular flexibility index (Phi) is 4.37. The highest BCUT2D eigenvalue weighted by atomic mass is 16.7. The predicted octanol–water partition coefficient (Wildman–Crippen LogP) is 3.84. The van der Waals surface area contributed by atoms with E-state index in [9.17, 15) is 5.11 Å². The van der Waals surface area contributed by atoms with Crippen LogP contribution in [0.4, 0.5) is 0 Å². The molecular formula is C19H16O3. The summed E-state index contributed by atoms with van der Waals surface area (Å²) in [5, 5.41) is 10.1. The van der Waals surface area contributed by atoms with Crippen LogP contribution in [0, 0.1) is 0 Å². The summed E-state index contributed by atoms with van der Waals surface area (Å²) < 4.78 is 11.7. The largest absolute Gasteiger partial charge is 0.426 e. The molecule has 1 atom stereocenters. The smallest absolute Gasteiger partial charge is 0.296 e. The SMILES string of the molecule is OC1C=CC=CC1=C(Oc1ccccc1)Oc1ccccc1. The van der Waals surface area contributed by atoms with Gasteiger partial charge in [0.1, 0.15) is 17.6 Å². The molecule has 0 aliphatic heterocycles. The summed E-state index contributed by atoms with van der Waals surface area (Å²) in [7, 11) is 0. The van der Waals surface area contributed by atoms with Gasteiger partial charge in [-0.3, -0.25) is 0 Å². The lowest BCUT2D eigenvalue weighted by atomic mass is 10.1. The van der Waals surface area contributed by atoms with E-state index in [2.05, 4.69) is 0 Å². The molecule has 0 heterocycles. The third-order valence-electron chi connectivity index (χ3n) is 3.14. The van der Waals surface area contributed by atoms with Crippen LogP contribution in [-0.2, 0) is 0 Å². The first-order chi connectivity index (χ1) is 10.8. The number of ether oxygens (including phenoxy) is 2. The van der Waals surface area contributed by atoms with Crippen LogP contribution in [-0.4, -0.2) is 11.2 Å². The summed E-state index contributed by atoms with van der Waals surface area (Å²) in [6.07, 6.45) is 6.33. The number of para-hydroxylation sites is 2. The molecule has 0 saturated carbocycles. The van der Waals surface area contributed by atoms with Gasteiger partial charge >= 0.3 is 0 Å². The third-order valence-corrected chi connectivity index (χ3v) is 3.14. The van der Waals surface area contributed by atoms with Crippen molar-refractivity contribution in [3.05, 3.63) is 96.5 Å². The van der Waals surface area contributed by atoms with Crippen LogP contribution in [0.15, 0.2) is 96.5 Å². The van der Waals surface area contributed by atoms with Gasteiger partial charge in [0.2, 0.25) is 0 Å². The minimum atomic E-state index is -0.757. The van der Waals surface area contributed by atoms with Crippen molar-refractivity contribution in [2.75, 3.05) is 0 Å². The van der Waals surface area contributed by atoms with Crippen LogP contribution in [0.3, 0.4) is 0 Å². The second-order valence-electron chi connectivity index (χ2n) is 4.76. The van der Waals surface area contributed by atoms with Gasteiger partial charge in [-0.2, -0.15) is 0 Å². The Labute approximate surface area is 129 Å². The van der Waals surface area contributed by atoms with E-state index in [-0.39, 0.29) is 5.95 Å². The average Bonchev–Trinajstić information content (AvgIpc) is 2.57. The first-order valence-electron chi connectivity index (χ1n) is 7.06. The Morgan fingerprint density at radius 1 is 0.773 bits per heavy atom.